The Balaban J connectivity index is 1.59. The number of furan rings is 1. The van der Waals surface area contributed by atoms with Crippen molar-refractivity contribution in [3.63, 3.8) is 0 Å². The highest BCUT2D eigenvalue weighted by molar-refractivity contribution is 5.83. The van der Waals surface area contributed by atoms with E-state index in [1.54, 1.807) is 12.3 Å². The van der Waals surface area contributed by atoms with E-state index in [1.807, 2.05) is 36.4 Å². The third kappa shape index (κ3) is 5.20. The van der Waals surface area contributed by atoms with Crippen LogP contribution in [-0.2, 0) is 27.2 Å². The lowest BCUT2D eigenvalue weighted by Gasteiger charge is -2.16. The fourth-order valence-electron chi connectivity index (χ4n) is 3.07. The highest BCUT2D eigenvalue weighted by Crippen LogP contribution is 2.18. The van der Waals surface area contributed by atoms with E-state index in [-0.39, 0.29) is 18.4 Å². The van der Waals surface area contributed by atoms with Gasteiger partial charge < -0.3 is 14.5 Å². The lowest BCUT2D eigenvalue weighted by atomic mass is 9.97. The number of ether oxygens (including phenoxy) is 1. The number of benzene rings is 2. The van der Waals surface area contributed by atoms with Gasteiger partial charge in [-0.1, -0.05) is 42.5 Å². The molecule has 1 amide bonds. The maximum absolute atomic E-state index is 12.1. The zero-order chi connectivity index (χ0) is 19.1. The Morgan fingerprint density at radius 1 is 1.07 bits per heavy atom. The first-order chi connectivity index (χ1) is 13.2. The lowest BCUT2D eigenvalue weighted by molar-refractivity contribution is -0.145. The molecule has 5 nitrogen and oxygen atoms in total. The maximum atomic E-state index is 12.1. The standard InChI is InChI=1S/C22H23NO4/c1-26-22(25)19(15-23-21(24)11-10-20-7-4-12-27-20)14-16-8-9-17-5-2-3-6-18(17)13-16/h2-9,12-13,19H,10-11,14-15H2,1H3,(H,23,24). The molecule has 0 spiro atoms. The van der Waals surface area contributed by atoms with Crippen molar-refractivity contribution in [2.24, 2.45) is 5.92 Å². The Labute approximate surface area is 158 Å². The van der Waals surface area contributed by atoms with Crippen LogP contribution in [0, 0.1) is 5.92 Å². The Kier molecular flexibility index (Phi) is 6.26. The molecule has 1 aromatic heterocycles. The normalized spacial score (nSPS) is 11.9. The third-order valence-corrected chi connectivity index (χ3v) is 4.55. The predicted octanol–water partition coefficient (Wildman–Crippen LogP) is 3.51. The van der Waals surface area contributed by atoms with Crippen LogP contribution in [0.2, 0.25) is 0 Å². The second-order valence-electron chi connectivity index (χ2n) is 6.49. The molecule has 3 rings (SSSR count). The first kappa shape index (κ1) is 18.7. The molecule has 0 saturated heterocycles. The Hall–Kier alpha value is -3.08. The van der Waals surface area contributed by atoms with Gasteiger partial charge in [0.2, 0.25) is 5.91 Å². The van der Waals surface area contributed by atoms with Gasteiger partial charge in [0.15, 0.2) is 0 Å². The average Bonchev–Trinajstić information content (AvgIpc) is 3.22. The van der Waals surface area contributed by atoms with Crippen molar-refractivity contribution in [1.82, 2.24) is 5.32 Å². The molecule has 0 aliphatic heterocycles. The number of methoxy groups -OCH3 is 1. The van der Waals surface area contributed by atoms with E-state index in [1.165, 1.54) is 7.11 Å². The summed E-state index contributed by atoms with van der Waals surface area (Å²) in [5, 5.41) is 5.12. The van der Waals surface area contributed by atoms with Crippen molar-refractivity contribution in [3.8, 4) is 0 Å². The highest BCUT2D eigenvalue weighted by atomic mass is 16.5. The van der Waals surface area contributed by atoms with E-state index in [9.17, 15) is 9.59 Å². The molecular formula is C22H23NO4. The molecule has 5 heteroatoms. The molecule has 1 heterocycles. The largest absolute Gasteiger partial charge is 0.469 e. The number of rotatable bonds is 8. The summed E-state index contributed by atoms with van der Waals surface area (Å²) in [6.07, 6.45) is 2.95. The number of hydrogen-bond donors (Lipinski definition) is 1. The fraction of sp³-hybridized carbons (Fsp3) is 0.273. The molecular weight excluding hydrogens is 342 g/mol. The number of carbonyl (C=O) groups is 2. The summed E-state index contributed by atoms with van der Waals surface area (Å²) < 4.78 is 10.1. The van der Waals surface area contributed by atoms with E-state index >= 15 is 0 Å². The van der Waals surface area contributed by atoms with Gasteiger partial charge in [-0.2, -0.15) is 0 Å². The van der Waals surface area contributed by atoms with E-state index in [2.05, 4.69) is 17.4 Å². The monoisotopic (exact) mass is 365 g/mol. The Bertz CT molecular complexity index is 902. The minimum absolute atomic E-state index is 0.112. The zero-order valence-electron chi connectivity index (χ0n) is 15.3. The van der Waals surface area contributed by atoms with Crippen molar-refractivity contribution in [3.05, 3.63) is 72.2 Å². The van der Waals surface area contributed by atoms with Crippen LogP contribution in [0.1, 0.15) is 17.7 Å². The molecule has 27 heavy (non-hydrogen) atoms. The molecule has 0 aliphatic rings. The Morgan fingerprint density at radius 2 is 1.89 bits per heavy atom. The summed E-state index contributed by atoms with van der Waals surface area (Å²) >= 11 is 0. The molecule has 140 valence electrons. The quantitative estimate of drug-likeness (QED) is 0.620. The first-order valence-electron chi connectivity index (χ1n) is 9.00. The van der Waals surface area contributed by atoms with Gasteiger partial charge in [-0.05, 0) is 34.9 Å². The van der Waals surface area contributed by atoms with Crippen LogP contribution < -0.4 is 5.32 Å². The van der Waals surface area contributed by atoms with Gasteiger partial charge in [-0.15, -0.1) is 0 Å². The molecule has 2 aromatic carbocycles. The lowest BCUT2D eigenvalue weighted by Crippen LogP contribution is -2.34. The molecule has 0 bridgehead atoms. The zero-order valence-corrected chi connectivity index (χ0v) is 15.3. The van der Waals surface area contributed by atoms with Crippen LogP contribution in [0.3, 0.4) is 0 Å². The number of aryl methyl sites for hydroxylation is 1. The van der Waals surface area contributed by atoms with Crippen molar-refractivity contribution in [1.29, 1.82) is 0 Å². The van der Waals surface area contributed by atoms with Gasteiger partial charge in [0.05, 0.1) is 19.3 Å². The number of hydrogen-bond acceptors (Lipinski definition) is 4. The van der Waals surface area contributed by atoms with E-state index < -0.39 is 5.92 Å². The summed E-state index contributed by atoms with van der Waals surface area (Å²) in [5.41, 5.74) is 1.04. The first-order valence-corrected chi connectivity index (χ1v) is 9.00. The molecule has 0 saturated carbocycles. The van der Waals surface area contributed by atoms with Crippen LogP contribution >= 0.6 is 0 Å². The van der Waals surface area contributed by atoms with Crippen LogP contribution in [0.15, 0.2) is 65.3 Å². The Morgan fingerprint density at radius 3 is 2.63 bits per heavy atom. The van der Waals surface area contributed by atoms with Crippen molar-refractivity contribution in [2.45, 2.75) is 19.3 Å². The summed E-state index contributed by atoms with van der Waals surface area (Å²) in [6.45, 7) is 0.247. The number of amides is 1. The summed E-state index contributed by atoms with van der Waals surface area (Å²) in [5.74, 6) is -0.0946. The molecule has 3 aromatic rings. The highest BCUT2D eigenvalue weighted by Gasteiger charge is 2.21. The molecule has 0 radical (unpaired) electrons. The smallest absolute Gasteiger partial charge is 0.310 e. The molecule has 1 atom stereocenters. The van der Waals surface area contributed by atoms with E-state index in [0.717, 1.165) is 22.1 Å². The van der Waals surface area contributed by atoms with Gasteiger partial charge in [-0.25, -0.2) is 0 Å². The number of carbonyl (C=O) groups excluding carboxylic acids is 2. The van der Waals surface area contributed by atoms with Crippen LogP contribution in [0.5, 0.6) is 0 Å². The maximum Gasteiger partial charge on any atom is 0.310 e. The number of esters is 1. The SMILES string of the molecule is COC(=O)C(CNC(=O)CCc1ccco1)Cc1ccc2ccccc2c1. The second kappa shape index (κ2) is 9.03. The topological polar surface area (TPSA) is 68.5 Å². The van der Waals surface area contributed by atoms with Crippen molar-refractivity contribution < 1.29 is 18.7 Å². The minimum Gasteiger partial charge on any atom is -0.469 e. The van der Waals surface area contributed by atoms with E-state index in [0.29, 0.717) is 19.3 Å². The molecule has 1 unspecified atom stereocenters. The number of nitrogens with one attached hydrogen (secondary N) is 1. The number of fused-ring (bicyclic) bond motifs is 1. The van der Waals surface area contributed by atoms with E-state index in [4.69, 9.17) is 9.15 Å². The van der Waals surface area contributed by atoms with Gasteiger partial charge >= 0.3 is 5.97 Å². The van der Waals surface area contributed by atoms with Gasteiger partial charge in [0, 0.05) is 19.4 Å². The van der Waals surface area contributed by atoms with Crippen molar-refractivity contribution >= 4 is 22.6 Å². The predicted molar refractivity (Wildman–Crippen MR) is 103 cm³/mol. The minimum atomic E-state index is -0.427. The van der Waals surface area contributed by atoms with Gasteiger partial charge in [-0.3, -0.25) is 9.59 Å². The van der Waals surface area contributed by atoms with Crippen LogP contribution in [0.25, 0.3) is 10.8 Å². The molecule has 0 aliphatic carbocycles. The summed E-state index contributed by atoms with van der Waals surface area (Å²) in [4.78, 5) is 24.2. The molecule has 1 N–H and O–H groups in total. The average molecular weight is 365 g/mol. The van der Waals surface area contributed by atoms with Crippen LogP contribution in [0.4, 0.5) is 0 Å². The summed E-state index contributed by atoms with van der Waals surface area (Å²) in [7, 11) is 1.37. The fourth-order valence-corrected chi connectivity index (χ4v) is 3.07. The molecule has 0 fully saturated rings. The van der Waals surface area contributed by atoms with Gasteiger partial charge in [0.25, 0.3) is 0 Å². The third-order valence-electron chi connectivity index (χ3n) is 4.55. The van der Waals surface area contributed by atoms with Gasteiger partial charge in [0.1, 0.15) is 5.76 Å². The van der Waals surface area contributed by atoms with Crippen LogP contribution in [-0.4, -0.2) is 25.5 Å². The second-order valence-corrected chi connectivity index (χ2v) is 6.49. The van der Waals surface area contributed by atoms with Crippen molar-refractivity contribution in [2.75, 3.05) is 13.7 Å². The summed E-state index contributed by atoms with van der Waals surface area (Å²) in [6, 6.07) is 17.8.